The van der Waals surface area contributed by atoms with E-state index in [2.05, 4.69) is 27.8 Å². The summed E-state index contributed by atoms with van der Waals surface area (Å²) >= 11 is 1.64. The number of hydrogen-bond acceptors (Lipinski definition) is 3. The van der Waals surface area contributed by atoms with E-state index in [1.54, 1.807) is 11.3 Å². The molecule has 0 bridgehead atoms. The van der Waals surface area contributed by atoms with Crippen LogP contribution in [0.4, 0.5) is 0 Å². The fourth-order valence-corrected chi connectivity index (χ4v) is 2.56. The Bertz CT molecular complexity index is 570. The molecule has 0 atom stereocenters. The van der Waals surface area contributed by atoms with E-state index in [0.29, 0.717) is 6.54 Å². The van der Waals surface area contributed by atoms with Crippen LogP contribution in [0.2, 0.25) is 0 Å². The van der Waals surface area contributed by atoms with Gasteiger partial charge in [-0.15, -0.1) is 11.3 Å². The lowest BCUT2D eigenvalue weighted by atomic mass is 9.96. The van der Waals surface area contributed by atoms with Gasteiger partial charge in [-0.1, -0.05) is 51.1 Å². The van der Waals surface area contributed by atoms with E-state index in [1.165, 1.54) is 0 Å². The number of nitrogens with zero attached hydrogens (tertiary/aromatic N) is 1. The van der Waals surface area contributed by atoms with Gasteiger partial charge in [0.05, 0.1) is 5.69 Å². The first-order valence-electron chi connectivity index (χ1n) is 6.75. The number of rotatable bonds is 4. The molecule has 2 aromatic rings. The number of nitrogens with one attached hydrogen (secondary N) is 1. The lowest BCUT2D eigenvalue weighted by Gasteiger charge is -2.17. The number of carbonyl (C=O) groups is 1. The maximum absolute atomic E-state index is 11.8. The Balaban J connectivity index is 1.90. The third kappa shape index (κ3) is 3.90. The largest absolute Gasteiger partial charge is 0.355 e. The monoisotopic (exact) mass is 288 g/mol. The predicted octanol–water partition coefficient (Wildman–Crippen LogP) is 3.51. The minimum Gasteiger partial charge on any atom is -0.355 e. The van der Waals surface area contributed by atoms with E-state index in [0.717, 1.165) is 22.7 Å². The second kappa shape index (κ2) is 6.18. The Morgan fingerprint density at radius 1 is 1.25 bits per heavy atom. The summed E-state index contributed by atoms with van der Waals surface area (Å²) in [5, 5.41) is 6.04. The molecule has 0 saturated carbocycles. The van der Waals surface area contributed by atoms with E-state index in [-0.39, 0.29) is 11.3 Å². The number of aromatic nitrogens is 1. The van der Waals surface area contributed by atoms with Gasteiger partial charge < -0.3 is 5.32 Å². The number of hydrogen-bond donors (Lipinski definition) is 1. The summed E-state index contributed by atoms with van der Waals surface area (Å²) < 4.78 is 0. The number of amides is 1. The molecule has 3 nitrogen and oxygen atoms in total. The van der Waals surface area contributed by atoms with Crippen LogP contribution in [0.15, 0.2) is 35.7 Å². The molecule has 1 aromatic heterocycles. The zero-order valence-corrected chi connectivity index (χ0v) is 13.0. The van der Waals surface area contributed by atoms with Crippen molar-refractivity contribution in [1.29, 1.82) is 0 Å². The second-order valence-corrected chi connectivity index (χ2v) is 6.62. The summed E-state index contributed by atoms with van der Waals surface area (Å²) in [6, 6.07) is 10.1. The summed E-state index contributed by atoms with van der Waals surface area (Å²) in [6.45, 7) is 6.38. The quantitative estimate of drug-likeness (QED) is 0.935. The van der Waals surface area contributed by atoms with Crippen LogP contribution in [0.25, 0.3) is 10.6 Å². The smallest absolute Gasteiger partial charge is 0.225 e. The Morgan fingerprint density at radius 3 is 2.60 bits per heavy atom. The first-order valence-corrected chi connectivity index (χ1v) is 7.63. The summed E-state index contributed by atoms with van der Waals surface area (Å²) in [6.07, 6.45) is 0.769. The van der Waals surface area contributed by atoms with Crippen molar-refractivity contribution in [2.75, 3.05) is 6.54 Å². The van der Waals surface area contributed by atoms with Crippen LogP contribution in [0.3, 0.4) is 0 Å². The summed E-state index contributed by atoms with van der Waals surface area (Å²) in [4.78, 5) is 16.4. The van der Waals surface area contributed by atoms with Crippen LogP contribution in [0.1, 0.15) is 26.5 Å². The average Bonchev–Trinajstić information content (AvgIpc) is 2.87. The molecule has 1 aromatic carbocycles. The molecular formula is C16H20N2OS. The molecule has 0 fully saturated rings. The lowest BCUT2D eigenvalue weighted by Crippen LogP contribution is -2.35. The number of carbonyl (C=O) groups excluding carboxylic acids is 1. The summed E-state index contributed by atoms with van der Waals surface area (Å²) in [7, 11) is 0. The SMILES string of the molecule is CC(C)(C)C(=O)NCCc1csc(-c2ccccc2)n1. The van der Waals surface area contributed by atoms with Crippen LogP contribution in [0, 0.1) is 5.41 Å². The van der Waals surface area contributed by atoms with Gasteiger partial charge in [0.25, 0.3) is 0 Å². The highest BCUT2D eigenvalue weighted by atomic mass is 32.1. The average molecular weight is 288 g/mol. The minimum atomic E-state index is -0.336. The fraction of sp³-hybridized carbons (Fsp3) is 0.375. The van der Waals surface area contributed by atoms with Crippen molar-refractivity contribution in [3.05, 3.63) is 41.4 Å². The Labute approximate surface area is 124 Å². The van der Waals surface area contributed by atoms with E-state index in [9.17, 15) is 4.79 Å². The Morgan fingerprint density at radius 2 is 1.95 bits per heavy atom. The van der Waals surface area contributed by atoms with Gasteiger partial charge in [-0.25, -0.2) is 4.98 Å². The standard InChI is InChI=1S/C16H20N2OS/c1-16(2,3)15(19)17-10-9-13-11-20-14(18-13)12-7-5-4-6-8-12/h4-8,11H,9-10H2,1-3H3,(H,17,19). The van der Waals surface area contributed by atoms with Gasteiger partial charge in [0.1, 0.15) is 5.01 Å². The minimum absolute atomic E-state index is 0.0796. The molecule has 0 aliphatic heterocycles. The Kier molecular flexibility index (Phi) is 4.55. The highest BCUT2D eigenvalue weighted by Gasteiger charge is 2.20. The van der Waals surface area contributed by atoms with Crippen molar-refractivity contribution in [3.8, 4) is 10.6 Å². The molecule has 106 valence electrons. The van der Waals surface area contributed by atoms with E-state index < -0.39 is 0 Å². The lowest BCUT2D eigenvalue weighted by molar-refractivity contribution is -0.128. The molecule has 20 heavy (non-hydrogen) atoms. The summed E-state index contributed by atoms with van der Waals surface area (Å²) in [5.74, 6) is 0.0796. The predicted molar refractivity (Wildman–Crippen MR) is 83.7 cm³/mol. The molecule has 0 spiro atoms. The third-order valence-corrected chi connectivity index (χ3v) is 3.86. The Hall–Kier alpha value is -1.68. The molecule has 0 aliphatic rings. The van der Waals surface area contributed by atoms with Gasteiger partial charge >= 0.3 is 0 Å². The number of thiazole rings is 1. The summed E-state index contributed by atoms with van der Waals surface area (Å²) in [5.41, 5.74) is 1.84. The fourth-order valence-electron chi connectivity index (χ4n) is 1.70. The molecule has 0 radical (unpaired) electrons. The molecule has 1 heterocycles. The van der Waals surface area contributed by atoms with Gasteiger partial charge in [0, 0.05) is 29.3 Å². The van der Waals surface area contributed by atoms with E-state index >= 15 is 0 Å². The molecule has 1 N–H and O–H groups in total. The maximum atomic E-state index is 11.8. The van der Waals surface area contributed by atoms with Crippen molar-refractivity contribution < 1.29 is 4.79 Å². The second-order valence-electron chi connectivity index (χ2n) is 5.77. The van der Waals surface area contributed by atoms with E-state index in [1.807, 2.05) is 39.0 Å². The highest BCUT2D eigenvalue weighted by molar-refractivity contribution is 7.13. The van der Waals surface area contributed by atoms with Crippen LogP contribution in [-0.2, 0) is 11.2 Å². The van der Waals surface area contributed by atoms with Gasteiger partial charge in [-0.05, 0) is 0 Å². The van der Waals surface area contributed by atoms with Crippen LogP contribution in [-0.4, -0.2) is 17.4 Å². The van der Waals surface area contributed by atoms with Crippen LogP contribution >= 0.6 is 11.3 Å². The molecule has 2 rings (SSSR count). The van der Waals surface area contributed by atoms with Crippen molar-refractivity contribution in [2.24, 2.45) is 5.41 Å². The van der Waals surface area contributed by atoms with Gasteiger partial charge in [0.15, 0.2) is 0 Å². The van der Waals surface area contributed by atoms with Crippen molar-refractivity contribution in [2.45, 2.75) is 27.2 Å². The topological polar surface area (TPSA) is 42.0 Å². The van der Waals surface area contributed by atoms with Gasteiger partial charge in [-0.3, -0.25) is 4.79 Å². The normalized spacial score (nSPS) is 11.3. The molecular weight excluding hydrogens is 268 g/mol. The van der Waals surface area contributed by atoms with Crippen LogP contribution < -0.4 is 5.32 Å². The first-order chi connectivity index (χ1) is 9.47. The molecule has 0 saturated heterocycles. The van der Waals surface area contributed by atoms with E-state index in [4.69, 9.17) is 0 Å². The highest BCUT2D eigenvalue weighted by Crippen LogP contribution is 2.23. The van der Waals surface area contributed by atoms with Gasteiger partial charge in [-0.2, -0.15) is 0 Å². The zero-order chi connectivity index (χ0) is 14.6. The number of benzene rings is 1. The maximum Gasteiger partial charge on any atom is 0.225 e. The van der Waals surface area contributed by atoms with Crippen LogP contribution in [0.5, 0.6) is 0 Å². The first kappa shape index (κ1) is 14.7. The van der Waals surface area contributed by atoms with Gasteiger partial charge in [0.2, 0.25) is 5.91 Å². The van der Waals surface area contributed by atoms with Crippen molar-refractivity contribution >= 4 is 17.2 Å². The molecule has 0 aliphatic carbocycles. The molecule has 4 heteroatoms. The molecule has 1 amide bonds. The van der Waals surface area contributed by atoms with Crippen molar-refractivity contribution in [1.82, 2.24) is 10.3 Å². The van der Waals surface area contributed by atoms with Crippen molar-refractivity contribution in [3.63, 3.8) is 0 Å². The third-order valence-electron chi connectivity index (χ3n) is 2.92. The molecule has 0 unspecified atom stereocenters. The zero-order valence-electron chi connectivity index (χ0n) is 12.1.